The molecule has 1 aliphatic rings. The van der Waals surface area contributed by atoms with Crippen LogP contribution in [0.1, 0.15) is 37.8 Å². The lowest BCUT2D eigenvalue weighted by molar-refractivity contribution is 0.187. The second kappa shape index (κ2) is 5.04. The number of nitrogens with two attached hydrogens (primary N) is 1. The predicted molar refractivity (Wildman–Crippen MR) is 82.1 cm³/mol. The third-order valence-electron chi connectivity index (χ3n) is 4.11. The number of sulfonamides is 1. The lowest BCUT2D eigenvalue weighted by Gasteiger charge is -2.37. The summed E-state index contributed by atoms with van der Waals surface area (Å²) in [6.07, 6.45) is 1.97. The van der Waals surface area contributed by atoms with Crippen molar-refractivity contribution in [3.63, 3.8) is 0 Å². The van der Waals surface area contributed by atoms with Gasteiger partial charge in [-0.25, -0.2) is 8.42 Å². The van der Waals surface area contributed by atoms with Gasteiger partial charge in [0.05, 0.1) is 4.90 Å². The molecule has 1 aromatic carbocycles. The van der Waals surface area contributed by atoms with Crippen molar-refractivity contribution in [2.24, 2.45) is 5.41 Å². The molecular formula is C15H24N2O2S. The molecule has 1 aliphatic heterocycles. The smallest absolute Gasteiger partial charge is 0.243 e. The van der Waals surface area contributed by atoms with Gasteiger partial charge in [0.1, 0.15) is 0 Å². The molecule has 1 heterocycles. The Morgan fingerprint density at radius 2 is 1.90 bits per heavy atom. The number of nitrogen functional groups attached to an aromatic ring is 1. The molecule has 0 atom stereocenters. The van der Waals surface area contributed by atoms with E-state index < -0.39 is 10.0 Å². The Balaban J connectivity index is 2.49. The van der Waals surface area contributed by atoms with Crippen LogP contribution in [0.4, 0.5) is 5.69 Å². The van der Waals surface area contributed by atoms with Gasteiger partial charge in [-0.3, -0.25) is 0 Å². The molecule has 2 rings (SSSR count). The average Bonchev–Trinajstić information content (AvgIpc) is 2.33. The normalized spacial score (nSPS) is 20.0. The van der Waals surface area contributed by atoms with Crippen LogP contribution in [0.25, 0.3) is 0 Å². The Morgan fingerprint density at radius 3 is 2.50 bits per heavy atom. The molecule has 0 unspecified atom stereocenters. The van der Waals surface area contributed by atoms with Gasteiger partial charge in [0.15, 0.2) is 0 Å². The van der Waals surface area contributed by atoms with Crippen molar-refractivity contribution in [3.05, 3.63) is 23.3 Å². The van der Waals surface area contributed by atoms with Crippen LogP contribution in [-0.4, -0.2) is 25.8 Å². The van der Waals surface area contributed by atoms with Gasteiger partial charge < -0.3 is 5.73 Å². The fraction of sp³-hybridized carbons (Fsp3) is 0.600. The van der Waals surface area contributed by atoms with Crippen molar-refractivity contribution in [2.75, 3.05) is 18.8 Å². The van der Waals surface area contributed by atoms with Gasteiger partial charge in [-0.05, 0) is 49.3 Å². The first-order valence-corrected chi connectivity index (χ1v) is 8.45. The first-order chi connectivity index (χ1) is 9.15. The van der Waals surface area contributed by atoms with Crippen molar-refractivity contribution in [3.8, 4) is 0 Å². The Kier molecular flexibility index (Phi) is 3.86. The summed E-state index contributed by atoms with van der Waals surface area (Å²) in [6, 6.07) is 3.55. The van der Waals surface area contributed by atoms with Crippen LogP contribution in [0.2, 0.25) is 0 Å². The molecule has 0 spiro atoms. The summed E-state index contributed by atoms with van der Waals surface area (Å²) in [7, 11) is -3.46. The lowest BCUT2D eigenvalue weighted by atomic mass is 9.85. The van der Waals surface area contributed by atoms with Gasteiger partial charge in [-0.2, -0.15) is 4.31 Å². The maximum Gasteiger partial charge on any atom is 0.243 e. The molecule has 1 saturated heterocycles. The van der Waals surface area contributed by atoms with Crippen molar-refractivity contribution in [1.82, 2.24) is 4.31 Å². The molecule has 0 bridgehead atoms. The van der Waals surface area contributed by atoms with Gasteiger partial charge in [-0.1, -0.05) is 19.9 Å². The van der Waals surface area contributed by atoms with E-state index in [0.29, 0.717) is 29.2 Å². The Labute approximate surface area is 122 Å². The zero-order chi connectivity index (χ0) is 15.1. The fourth-order valence-corrected chi connectivity index (χ4v) is 5.07. The molecule has 0 saturated carbocycles. The number of piperidine rings is 1. The standard InChI is InChI=1S/C15H24N2O2S/c1-11-6-7-13(16)12(2)14(11)20(18,19)17-9-5-8-15(3,4)10-17/h6-7H,5,8-10,16H2,1-4H3. The monoisotopic (exact) mass is 296 g/mol. The van der Waals surface area contributed by atoms with Crippen molar-refractivity contribution < 1.29 is 8.42 Å². The molecule has 2 N–H and O–H groups in total. The van der Waals surface area contributed by atoms with Gasteiger partial charge in [0.2, 0.25) is 10.0 Å². The highest BCUT2D eigenvalue weighted by Gasteiger charge is 2.35. The minimum absolute atomic E-state index is 0.0352. The summed E-state index contributed by atoms with van der Waals surface area (Å²) >= 11 is 0. The number of hydrogen-bond donors (Lipinski definition) is 1. The van der Waals surface area contributed by atoms with Gasteiger partial charge in [0.25, 0.3) is 0 Å². The van der Waals surface area contributed by atoms with Gasteiger partial charge >= 0.3 is 0 Å². The predicted octanol–water partition coefficient (Wildman–Crippen LogP) is 2.70. The Bertz CT molecular complexity index is 621. The number of anilines is 1. The van der Waals surface area contributed by atoms with Gasteiger partial charge in [0, 0.05) is 18.8 Å². The molecular weight excluding hydrogens is 272 g/mol. The van der Waals surface area contributed by atoms with Crippen molar-refractivity contribution in [2.45, 2.75) is 45.4 Å². The van der Waals surface area contributed by atoms with E-state index in [2.05, 4.69) is 13.8 Å². The zero-order valence-electron chi connectivity index (χ0n) is 12.7. The highest BCUT2D eigenvalue weighted by Crippen LogP contribution is 2.34. The molecule has 20 heavy (non-hydrogen) atoms. The number of hydrogen-bond acceptors (Lipinski definition) is 3. The summed E-state index contributed by atoms with van der Waals surface area (Å²) in [5.74, 6) is 0. The van der Waals surface area contributed by atoms with Crippen molar-refractivity contribution >= 4 is 15.7 Å². The van der Waals surface area contributed by atoms with Crippen molar-refractivity contribution in [1.29, 1.82) is 0 Å². The van der Waals surface area contributed by atoms with E-state index >= 15 is 0 Å². The van der Waals surface area contributed by atoms with E-state index in [1.807, 2.05) is 6.92 Å². The molecule has 0 radical (unpaired) electrons. The van der Waals surface area contributed by atoms with E-state index in [1.165, 1.54) is 0 Å². The highest BCUT2D eigenvalue weighted by atomic mass is 32.2. The van der Waals surface area contributed by atoms with E-state index in [4.69, 9.17) is 5.73 Å². The van der Waals surface area contributed by atoms with E-state index in [1.54, 1.807) is 23.4 Å². The van der Waals surface area contributed by atoms with Crippen LogP contribution < -0.4 is 5.73 Å². The number of nitrogens with zero attached hydrogens (tertiary/aromatic N) is 1. The summed E-state index contributed by atoms with van der Waals surface area (Å²) in [5.41, 5.74) is 7.88. The van der Waals surface area contributed by atoms with Crippen LogP contribution in [0.15, 0.2) is 17.0 Å². The van der Waals surface area contributed by atoms with Gasteiger partial charge in [-0.15, -0.1) is 0 Å². The van der Waals surface area contributed by atoms with Crippen LogP contribution >= 0.6 is 0 Å². The fourth-order valence-electron chi connectivity index (χ4n) is 2.94. The Hall–Kier alpha value is -1.07. The maximum absolute atomic E-state index is 12.9. The molecule has 0 amide bonds. The van der Waals surface area contributed by atoms with E-state index in [0.717, 1.165) is 18.4 Å². The molecule has 0 aliphatic carbocycles. The van der Waals surface area contributed by atoms with E-state index in [9.17, 15) is 8.42 Å². The van der Waals surface area contributed by atoms with Crippen LogP contribution in [0.3, 0.4) is 0 Å². The summed E-state index contributed by atoms with van der Waals surface area (Å²) in [5, 5.41) is 0. The molecule has 1 aromatic rings. The second-order valence-electron chi connectivity index (χ2n) is 6.53. The number of rotatable bonds is 2. The summed E-state index contributed by atoms with van der Waals surface area (Å²) in [6.45, 7) is 9.02. The first kappa shape index (κ1) is 15.3. The molecule has 112 valence electrons. The number of benzene rings is 1. The molecule has 0 aromatic heterocycles. The number of aryl methyl sites for hydroxylation is 1. The van der Waals surface area contributed by atoms with Crippen LogP contribution in [0, 0.1) is 19.3 Å². The largest absolute Gasteiger partial charge is 0.398 e. The lowest BCUT2D eigenvalue weighted by Crippen LogP contribution is -2.43. The zero-order valence-corrected chi connectivity index (χ0v) is 13.5. The second-order valence-corrected chi connectivity index (χ2v) is 8.41. The molecule has 1 fully saturated rings. The average molecular weight is 296 g/mol. The summed E-state index contributed by atoms with van der Waals surface area (Å²) in [4.78, 5) is 0.384. The molecule has 5 heteroatoms. The quantitative estimate of drug-likeness (QED) is 0.853. The third-order valence-corrected chi connectivity index (χ3v) is 6.24. The third kappa shape index (κ3) is 2.69. The topological polar surface area (TPSA) is 63.4 Å². The molecule has 4 nitrogen and oxygen atoms in total. The summed E-state index contributed by atoms with van der Waals surface area (Å²) < 4.78 is 27.5. The van der Waals surface area contributed by atoms with Crippen LogP contribution in [-0.2, 0) is 10.0 Å². The SMILES string of the molecule is Cc1ccc(N)c(C)c1S(=O)(=O)N1CCCC(C)(C)C1. The highest BCUT2D eigenvalue weighted by molar-refractivity contribution is 7.89. The minimum Gasteiger partial charge on any atom is -0.398 e. The first-order valence-electron chi connectivity index (χ1n) is 7.01. The van der Waals surface area contributed by atoms with Crippen LogP contribution in [0.5, 0.6) is 0 Å². The maximum atomic E-state index is 12.9. The van der Waals surface area contributed by atoms with E-state index in [-0.39, 0.29) is 5.41 Å². The Morgan fingerprint density at radius 1 is 1.25 bits per heavy atom. The minimum atomic E-state index is -3.46.